The molecule has 1 fully saturated rings. The second-order valence-corrected chi connectivity index (χ2v) is 11.9. The first-order chi connectivity index (χ1) is 16.7. The number of amides is 3. The van der Waals surface area contributed by atoms with Crippen molar-refractivity contribution in [2.75, 3.05) is 19.0 Å². The van der Waals surface area contributed by atoms with E-state index in [-0.39, 0.29) is 17.0 Å². The highest BCUT2D eigenvalue weighted by molar-refractivity contribution is 7.89. The molecule has 4 rings (SSSR count). The third-order valence-corrected chi connectivity index (χ3v) is 9.59. The van der Waals surface area contributed by atoms with Crippen molar-refractivity contribution in [2.24, 2.45) is 0 Å². The smallest absolute Gasteiger partial charge is 0.413 e. The van der Waals surface area contributed by atoms with E-state index in [0.29, 0.717) is 29.3 Å². The molecule has 1 aromatic carbocycles. The van der Waals surface area contributed by atoms with Gasteiger partial charge in [0.25, 0.3) is 5.91 Å². The van der Waals surface area contributed by atoms with E-state index in [1.165, 1.54) is 39.9 Å². The molecule has 2 N–H and O–H groups in total. The summed E-state index contributed by atoms with van der Waals surface area (Å²) < 4.78 is 32.2. The van der Waals surface area contributed by atoms with Crippen molar-refractivity contribution in [3.8, 4) is 0 Å². The molecule has 1 aliphatic heterocycles. The van der Waals surface area contributed by atoms with Crippen LogP contribution >= 0.6 is 22.9 Å². The van der Waals surface area contributed by atoms with E-state index >= 15 is 0 Å². The zero-order valence-electron chi connectivity index (χ0n) is 19.1. The van der Waals surface area contributed by atoms with Gasteiger partial charge >= 0.3 is 6.09 Å². The molecule has 35 heavy (non-hydrogen) atoms. The Balaban J connectivity index is 1.62. The van der Waals surface area contributed by atoms with Gasteiger partial charge in [-0.05, 0) is 68.4 Å². The number of fused-ring (bicyclic) bond motifs is 1. The maximum absolute atomic E-state index is 13.3. The van der Waals surface area contributed by atoms with Gasteiger partial charge in [0.2, 0.25) is 15.9 Å². The Morgan fingerprint density at radius 1 is 1.09 bits per heavy atom. The van der Waals surface area contributed by atoms with Gasteiger partial charge in [-0.15, -0.1) is 11.3 Å². The van der Waals surface area contributed by atoms with Crippen LogP contribution in [0.2, 0.25) is 5.02 Å². The van der Waals surface area contributed by atoms with E-state index in [9.17, 15) is 22.8 Å². The number of carbonyl (C=O) groups excluding carboxylic acids is 3. The van der Waals surface area contributed by atoms with Gasteiger partial charge in [-0.2, -0.15) is 4.31 Å². The number of benzene rings is 1. The topological polar surface area (TPSA) is 122 Å². The van der Waals surface area contributed by atoms with Crippen LogP contribution in [0.1, 0.15) is 52.9 Å². The van der Waals surface area contributed by atoms with Crippen LogP contribution in [0.25, 0.3) is 0 Å². The number of ether oxygens (including phenoxy) is 1. The number of carbonyl (C=O) groups is 3. The second-order valence-electron chi connectivity index (χ2n) is 8.43. The van der Waals surface area contributed by atoms with Crippen molar-refractivity contribution in [3.63, 3.8) is 0 Å². The third-order valence-electron chi connectivity index (χ3n) is 6.21. The Morgan fingerprint density at radius 3 is 2.51 bits per heavy atom. The largest absolute Gasteiger partial charge is 0.453 e. The number of rotatable bonds is 5. The SMILES string of the molecule is COC(=O)NC(=O)c1c(NC(=O)C2CCCN2S(=O)(=O)c2ccc(Cl)cc2)sc2c1CCCCC2. The maximum atomic E-state index is 13.3. The molecule has 1 saturated heterocycles. The van der Waals surface area contributed by atoms with Crippen LogP contribution in [0.15, 0.2) is 29.2 Å². The minimum Gasteiger partial charge on any atom is -0.453 e. The number of nitrogens with zero attached hydrogens (tertiary/aromatic N) is 1. The van der Waals surface area contributed by atoms with Crippen molar-refractivity contribution in [2.45, 2.75) is 55.9 Å². The van der Waals surface area contributed by atoms with Gasteiger partial charge in [-0.1, -0.05) is 18.0 Å². The number of hydrogen-bond acceptors (Lipinski definition) is 7. The molecular weight excluding hydrogens is 514 g/mol. The summed E-state index contributed by atoms with van der Waals surface area (Å²) >= 11 is 7.20. The normalized spacial score (nSPS) is 18.4. The maximum Gasteiger partial charge on any atom is 0.413 e. The lowest BCUT2D eigenvalue weighted by molar-refractivity contribution is -0.119. The van der Waals surface area contributed by atoms with Gasteiger partial charge in [0.1, 0.15) is 11.0 Å². The van der Waals surface area contributed by atoms with E-state index in [2.05, 4.69) is 15.4 Å². The summed E-state index contributed by atoms with van der Waals surface area (Å²) in [6.07, 6.45) is 4.31. The number of thiophene rings is 1. The molecule has 0 spiro atoms. The molecular formula is C23H26ClN3O6S2. The quantitative estimate of drug-likeness (QED) is 0.555. The summed E-state index contributed by atoms with van der Waals surface area (Å²) in [5, 5.41) is 5.72. The minimum atomic E-state index is -3.92. The number of hydrogen-bond donors (Lipinski definition) is 2. The van der Waals surface area contributed by atoms with E-state index in [1.54, 1.807) is 0 Å². The highest BCUT2D eigenvalue weighted by atomic mass is 35.5. The number of methoxy groups -OCH3 is 1. The predicted molar refractivity (Wildman–Crippen MR) is 132 cm³/mol. The summed E-state index contributed by atoms with van der Waals surface area (Å²) in [6.45, 7) is 0.208. The van der Waals surface area contributed by atoms with E-state index in [1.807, 2.05) is 0 Å². The van der Waals surface area contributed by atoms with Gasteiger partial charge in [0, 0.05) is 16.4 Å². The lowest BCUT2D eigenvalue weighted by Crippen LogP contribution is -2.43. The molecule has 188 valence electrons. The summed E-state index contributed by atoms with van der Waals surface area (Å²) in [6, 6.07) is 4.89. The molecule has 2 heterocycles. The van der Waals surface area contributed by atoms with Gasteiger partial charge in [0.05, 0.1) is 17.6 Å². The summed E-state index contributed by atoms with van der Waals surface area (Å²) in [7, 11) is -2.76. The Bertz CT molecular complexity index is 1240. The monoisotopic (exact) mass is 539 g/mol. The van der Waals surface area contributed by atoms with Crippen LogP contribution < -0.4 is 10.6 Å². The first-order valence-corrected chi connectivity index (χ1v) is 14.0. The summed E-state index contributed by atoms with van der Waals surface area (Å²) in [5.41, 5.74) is 1.07. The number of alkyl carbamates (subject to hydrolysis) is 1. The third kappa shape index (κ3) is 5.37. The fourth-order valence-electron chi connectivity index (χ4n) is 4.50. The number of halogens is 1. The van der Waals surface area contributed by atoms with Crippen LogP contribution in [0, 0.1) is 0 Å². The lowest BCUT2D eigenvalue weighted by atomic mass is 10.0. The van der Waals surface area contributed by atoms with Crippen LogP contribution in [0.5, 0.6) is 0 Å². The molecule has 12 heteroatoms. The summed E-state index contributed by atoms with van der Waals surface area (Å²) in [4.78, 5) is 39.0. The average molecular weight is 540 g/mol. The molecule has 0 saturated carbocycles. The predicted octanol–water partition coefficient (Wildman–Crippen LogP) is 3.96. The number of sulfonamides is 1. The van der Waals surface area contributed by atoms with Crippen LogP contribution in [-0.2, 0) is 32.4 Å². The Labute approximate surface area is 212 Å². The number of anilines is 1. The number of imide groups is 1. The van der Waals surface area contributed by atoms with E-state index < -0.39 is 34.0 Å². The molecule has 1 atom stereocenters. The molecule has 2 aliphatic rings. The highest BCUT2D eigenvalue weighted by Crippen LogP contribution is 2.38. The summed E-state index contributed by atoms with van der Waals surface area (Å²) in [5.74, 6) is -1.16. The zero-order valence-corrected chi connectivity index (χ0v) is 21.5. The first-order valence-electron chi connectivity index (χ1n) is 11.3. The van der Waals surface area contributed by atoms with Gasteiger partial charge in [-0.3, -0.25) is 14.9 Å². The Kier molecular flexibility index (Phi) is 7.80. The lowest BCUT2D eigenvalue weighted by Gasteiger charge is -2.23. The molecule has 0 radical (unpaired) electrons. The van der Waals surface area contributed by atoms with Crippen molar-refractivity contribution in [1.82, 2.24) is 9.62 Å². The molecule has 0 bridgehead atoms. The molecule has 3 amide bonds. The fraction of sp³-hybridized carbons (Fsp3) is 0.435. The average Bonchev–Trinajstić information content (AvgIpc) is 3.39. The molecule has 1 aliphatic carbocycles. The second kappa shape index (κ2) is 10.7. The molecule has 1 unspecified atom stereocenters. The van der Waals surface area contributed by atoms with Crippen LogP contribution in [-0.4, -0.2) is 50.3 Å². The van der Waals surface area contributed by atoms with Crippen LogP contribution in [0.3, 0.4) is 0 Å². The van der Waals surface area contributed by atoms with E-state index in [0.717, 1.165) is 43.2 Å². The highest BCUT2D eigenvalue weighted by Gasteiger charge is 2.40. The van der Waals surface area contributed by atoms with Crippen molar-refractivity contribution < 1.29 is 27.5 Å². The number of aryl methyl sites for hydroxylation is 1. The van der Waals surface area contributed by atoms with Gasteiger partial charge < -0.3 is 10.1 Å². The van der Waals surface area contributed by atoms with Gasteiger partial charge in [-0.25, -0.2) is 13.2 Å². The minimum absolute atomic E-state index is 0.0579. The van der Waals surface area contributed by atoms with Crippen molar-refractivity contribution >= 4 is 55.9 Å². The van der Waals surface area contributed by atoms with Crippen molar-refractivity contribution in [3.05, 3.63) is 45.3 Å². The van der Waals surface area contributed by atoms with Gasteiger partial charge in [0.15, 0.2) is 0 Å². The Hall–Kier alpha value is -2.47. The van der Waals surface area contributed by atoms with Crippen LogP contribution in [0.4, 0.5) is 9.80 Å². The molecule has 2 aromatic rings. The molecule has 9 nitrogen and oxygen atoms in total. The Morgan fingerprint density at radius 2 is 1.80 bits per heavy atom. The molecule has 1 aromatic heterocycles. The van der Waals surface area contributed by atoms with E-state index in [4.69, 9.17) is 11.6 Å². The standard InChI is InChI=1S/C23H26ClN3O6S2/c1-33-23(30)26-21(29)19-16-6-3-2-4-8-18(16)34-22(19)25-20(28)17-7-5-13-27(17)35(31,32)15-11-9-14(24)10-12-15/h9-12,17H,2-8,13H2,1H3,(H,25,28)(H,26,29,30). The van der Waals surface area contributed by atoms with Crippen molar-refractivity contribution in [1.29, 1.82) is 0 Å². The first kappa shape index (κ1) is 25.6. The fourth-order valence-corrected chi connectivity index (χ4v) is 7.58. The number of nitrogens with one attached hydrogen (secondary N) is 2. The zero-order chi connectivity index (χ0) is 25.2.